The second-order valence-corrected chi connectivity index (χ2v) is 13.4. The maximum atomic E-state index is 6.27. The molecule has 0 amide bonds. The van der Waals surface area contributed by atoms with Gasteiger partial charge in [0, 0.05) is 33.3 Å². The number of benzene rings is 8. The van der Waals surface area contributed by atoms with Crippen molar-refractivity contribution in [1.82, 2.24) is 9.97 Å². The van der Waals surface area contributed by atoms with Crippen LogP contribution in [0.25, 0.3) is 44.3 Å². The van der Waals surface area contributed by atoms with E-state index in [1.54, 1.807) is 0 Å². The highest BCUT2D eigenvalue weighted by atomic mass is 16.5. The number of rotatable bonds is 4. The lowest BCUT2D eigenvalue weighted by atomic mass is 10.0. The van der Waals surface area contributed by atoms with Crippen LogP contribution in [0.1, 0.15) is 0 Å². The number of nitrogens with zero attached hydrogens (tertiary/aromatic N) is 4. The molecule has 0 saturated heterocycles. The first-order chi connectivity index (χ1) is 26.8. The Morgan fingerprint density at radius 2 is 0.796 bits per heavy atom. The van der Waals surface area contributed by atoms with Crippen LogP contribution >= 0.6 is 0 Å². The third-order valence-electron chi connectivity index (χ3n) is 10.2. The summed E-state index contributed by atoms with van der Waals surface area (Å²) in [5, 5.41) is 3.24. The number of para-hydroxylation sites is 8. The second-order valence-electron chi connectivity index (χ2n) is 13.4. The van der Waals surface area contributed by atoms with E-state index in [0.29, 0.717) is 5.82 Å². The molecule has 6 heteroatoms. The minimum Gasteiger partial charge on any atom is -0.453 e. The lowest BCUT2D eigenvalue weighted by Crippen LogP contribution is -2.15. The lowest BCUT2D eigenvalue weighted by Gasteiger charge is -2.32. The third-order valence-corrected chi connectivity index (χ3v) is 10.2. The summed E-state index contributed by atoms with van der Waals surface area (Å²) in [5.41, 5.74) is 9.79. The quantitative estimate of drug-likeness (QED) is 0.171. The average molecular weight is 695 g/mol. The minimum atomic E-state index is 0.670. The molecule has 0 saturated carbocycles. The molecule has 0 bridgehead atoms. The highest BCUT2D eigenvalue weighted by Gasteiger charge is 2.27. The Bertz CT molecular complexity index is 2820. The number of aromatic nitrogens is 2. The zero-order chi connectivity index (χ0) is 35.6. The molecule has 54 heavy (non-hydrogen) atoms. The fourth-order valence-corrected chi connectivity index (χ4v) is 7.71. The van der Waals surface area contributed by atoms with Gasteiger partial charge in [0.05, 0.1) is 34.0 Å². The van der Waals surface area contributed by atoms with E-state index in [1.807, 2.05) is 72.8 Å². The summed E-state index contributed by atoms with van der Waals surface area (Å²) >= 11 is 0. The fourth-order valence-electron chi connectivity index (χ4n) is 7.71. The fraction of sp³-hybridized carbons (Fsp3) is 0. The van der Waals surface area contributed by atoms with Gasteiger partial charge in [-0.2, -0.15) is 0 Å². The molecule has 1 aromatic heterocycles. The molecule has 8 aromatic carbocycles. The zero-order valence-corrected chi connectivity index (χ0v) is 28.9. The van der Waals surface area contributed by atoms with Crippen molar-refractivity contribution in [1.29, 1.82) is 0 Å². The summed E-state index contributed by atoms with van der Waals surface area (Å²) in [6.07, 6.45) is 0. The normalized spacial score (nSPS) is 12.7. The molecular weight excluding hydrogens is 665 g/mol. The van der Waals surface area contributed by atoms with Gasteiger partial charge < -0.3 is 19.3 Å². The first-order valence-corrected chi connectivity index (χ1v) is 18.0. The molecule has 0 aliphatic carbocycles. The van der Waals surface area contributed by atoms with Gasteiger partial charge in [-0.25, -0.2) is 9.97 Å². The van der Waals surface area contributed by atoms with E-state index >= 15 is 0 Å². The number of ether oxygens (including phenoxy) is 2. The van der Waals surface area contributed by atoms with E-state index in [9.17, 15) is 0 Å². The topological polar surface area (TPSA) is 50.7 Å². The van der Waals surface area contributed by atoms with Crippen LogP contribution in [0.15, 0.2) is 182 Å². The molecule has 0 unspecified atom stereocenters. The van der Waals surface area contributed by atoms with Crippen LogP contribution < -0.4 is 19.3 Å². The minimum absolute atomic E-state index is 0.670. The number of hydrogen-bond donors (Lipinski definition) is 0. The standard InChI is InChI=1S/C48H30N4O2/c1-2-12-36-31(11-1)25-30-37-46(32-21-26-34(27-22-32)51-38-13-3-7-17-42(38)53-43-18-8-4-14-39(43)51)49-48(50-47(36)37)33-23-28-35(29-24-33)52-40-15-5-9-19-44(40)54-45-20-10-6-16-41(45)52/h1-30H. The first kappa shape index (κ1) is 30.2. The van der Waals surface area contributed by atoms with Gasteiger partial charge in [0.2, 0.25) is 0 Å². The molecular formula is C48H30N4O2. The van der Waals surface area contributed by atoms with Crippen LogP contribution in [-0.2, 0) is 0 Å². The number of fused-ring (bicyclic) bond motifs is 7. The Morgan fingerprint density at radius 1 is 0.352 bits per heavy atom. The molecule has 11 rings (SSSR count). The van der Waals surface area contributed by atoms with Gasteiger partial charge in [-0.3, -0.25) is 0 Å². The van der Waals surface area contributed by atoms with Crippen LogP contribution in [0.4, 0.5) is 34.1 Å². The summed E-state index contributed by atoms with van der Waals surface area (Å²) in [6, 6.07) is 62.4. The Kier molecular flexibility index (Phi) is 6.75. The number of anilines is 6. The SMILES string of the molecule is c1ccc2c(c1)Oc1ccccc1N2c1ccc(-c2nc(-c3ccc(N4c5ccccc5Oc5ccccc54)cc3)c3ccc4ccccc4c3n2)cc1. The highest BCUT2D eigenvalue weighted by Crippen LogP contribution is 2.51. The Balaban J connectivity index is 1.03. The van der Waals surface area contributed by atoms with Crippen molar-refractivity contribution >= 4 is 55.8 Å². The summed E-state index contributed by atoms with van der Waals surface area (Å²) < 4.78 is 12.5. The molecule has 0 radical (unpaired) electrons. The van der Waals surface area contributed by atoms with Crippen molar-refractivity contribution in [3.63, 3.8) is 0 Å². The molecule has 2 aliphatic rings. The highest BCUT2D eigenvalue weighted by molar-refractivity contribution is 6.09. The average Bonchev–Trinajstić information content (AvgIpc) is 3.24. The van der Waals surface area contributed by atoms with Crippen molar-refractivity contribution < 1.29 is 9.47 Å². The first-order valence-electron chi connectivity index (χ1n) is 18.0. The van der Waals surface area contributed by atoms with Crippen molar-refractivity contribution in [2.24, 2.45) is 0 Å². The van der Waals surface area contributed by atoms with Gasteiger partial charge in [-0.15, -0.1) is 0 Å². The van der Waals surface area contributed by atoms with Crippen molar-refractivity contribution in [2.75, 3.05) is 9.80 Å². The predicted molar refractivity (Wildman–Crippen MR) is 217 cm³/mol. The second kappa shape index (κ2) is 12.1. The Morgan fingerprint density at radius 3 is 1.31 bits per heavy atom. The predicted octanol–water partition coefficient (Wildman–Crippen LogP) is 13.3. The van der Waals surface area contributed by atoms with Crippen LogP contribution in [0.5, 0.6) is 23.0 Å². The molecule has 9 aromatic rings. The number of hydrogen-bond acceptors (Lipinski definition) is 6. The van der Waals surface area contributed by atoms with Crippen LogP contribution in [0, 0.1) is 0 Å². The third kappa shape index (κ3) is 4.81. The summed E-state index contributed by atoms with van der Waals surface area (Å²) in [6.45, 7) is 0. The van der Waals surface area contributed by atoms with Gasteiger partial charge in [0.15, 0.2) is 28.8 Å². The van der Waals surface area contributed by atoms with Gasteiger partial charge >= 0.3 is 0 Å². The van der Waals surface area contributed by atoms with Crippen LogP contribution in [-0.4, -0.2) is 9.97 Å². The van der Waals surface area contributed by atoms with E-state index in [4.69, 9.17) is 19.4 Å². The lowest BCUT2D eigenvalue weighted by molar-refractivity contribution is 0.477. The maximum absolute atomic E-state index is 6.27. The molecule has 0 N–H and O–H groups in total. The van der Waals surface area contributed by atoms with Gasteiger partial charge in [0.1, 0.15) is 0 Å². The molecule has 2 aliphatic heterocycles. The Hall–Kier alpha value is -7.44. The molecule has 0 fully saturated rings. The largest absolute Gasteiger partial charge is 0.453 e. The van der Waals surface area contributed by atoms with E-state index in [0.717, 1.165) is 95.6 Å². The van der Waals surface area contributed by atoms with Gasteiger partial charge in [0.25, 0.3) is 0 Å². The van der Waals surface area contributed by atoms with E-state index in [-0.39, 0.29) is 0 Å². The molecule has 0 atom stereocenters. The molecule has 254 valence electrons. The molecule has 6 nitrogen and oxygen atoms in total. The van der Waals surface area contributed by atoms with Gasteiger partial charge in [-0.05, 0) is 96.4 Å². The van der Waals surface area contributed by atoms with Crippen LogP contribution in [0.2, 0.25) is 0 Å². The molecule has 0 spiro atoms. The summed E-state index contributed by atoms with van der Waals surface area (Å²) in [7, 11) is 0. The monoisotopic (exact) mass is 694 g/mol. The van der Waals surface area contributed by atoms with Crippen molar-refractivity contribution in [2.45, 2.75) is 0 Å². The van der Waals surface area contributed by atoms with Crippen molar-refractivity contribution in [3.8, 4) is 45.6 Å². The van der Waals surface area contributed by atoms with E-state index in [2.05, 4.69) is 119 Å². The van der Waals surface area contributed by atoms with Crippen LogP contribution in [0.3, 0.4) is 0 Å². The zero-order valence-electron chi connectivity index (χ0n) is 28.9. The smallest absolute Gasteiger partial charge is 0.160 e. The van der Waals surface area contributed by atoms with E-state index in [1.165, 1.54) is 0 Å². The van der Waals surface area contributed by atoms with Crippen molar-refractivity contribution in [3.05, 3.63) is 182 Å². The molecule has 3 heterocycles. The summed E-state index contributed by atoms with van der Waals surface area (Å²) in [5.74, 6) is 3.96. The van der Waals surface area contributed by atoms with Gasteiger partial charge in [-0.1, -0.05) is 91.0 Å². The van der Waals surface area contributed by atoms with E-state index < -0.39 is 0 Å². The maximum Gasteiger partial charge on any atom is 0.160 e. The summed E-state index contributed by atoms with van der Waals surface area (Å²) in [4.78, 5) is 15.0. The Labute approximate surface area is 311 Å².